The first-order valence-corrected chi connectivity index (χ1v) is 6.77. The lowest BCUT2D eigenvalue weighted by Crippen LogP contribution is -2.40. The molecule has 2 amide bonds. The zero-order valence-electron chi connectivity index (χ0n) is 11.4. The molecule has 3 heterocycles. The molecule has 2 aromatic rings. The van der Waals surface area contributed by atoms with Gasteiger partial charge in [0.25, 0.3) is 0 Å². The topological polar surface area (TPSA) is 96.2 Å². The zero-order valence-corrected chi connectivity index (χ0v) is 11.4. The second-order valence-corrected chi connectivity index (χ2v) is 4.85. The summed E-state index contributed by atoms with van der Waals surface area (Å²) >= 11 is 0. The highest BCUT2D eigenvalue weighted by Gasteiger charge is 2.27. The van der Waals surface area contributed by atoms with Gasteiger partial charge in [-0.25, -0.2) is 19.4 Å². The molecule has 0 saturated carbocycles. The summed E-state index contributed by atoms with van der Waals surface area (Å²) in [5.41, 5.74) is 0.604. The number of nitrogens with zero attached hydrogens (tertiary/aromatic N) is 5. The van der Waals surface area contributed by atoms with E-state index in [1.165, 1.54) is 11.0 Å². The zero-order chi connectivity index (χ0) is 14.7. The number of carbonyl (C=O) groups is 1. The second-order valence-electron chi connectivity index (χ2n) is 4.85. The van der Waals surface area contributed by atoms with Crippen LogP contribution >= 0.6 is 0 Å². The van der Waals surface area contributed by atoms with Gasteiger partial charge in [0.2, 0.25) is 0 Å². The average Bonchev–Trinajstić information content (AvgIpc) is 3.19. The van der Waals surface area contributed by atoms with Crippen LogP contribution in [0.1, 0.15) is 12.8 Å². The summed E-state index contributed by atoms with van der Waals surface area (Å²) in [5, 5.41) is 16.0. The number of anilines is 1. The molecule has 0 aromatic carbocycles. The number of pyridine rings is 1. The Morgan fingerprint density at radius 1 is 1.48 bits per heavy atom. The first-order chi connectivity index (χ1) is 10.3. The van der Waals surface area contributed by atoms with Crippen molar-refractivity contribution in [1.82, 2.24) is 24.6 Å². The Morgan fingerprint density at radius 2 is 2.38 bits per heavy atom. The third-order valence-electron chi connectivity index (χ3n) is 3.50. The Kier molecular flexibility index (Phi) is 3.78. The van der Waals surface area contributed by atoms with Gasteiger partial charge >= 0.3 is 6.03 Å². The van der Waals surface area contributed by atoms with E-state index in [-0.39, 0.29) is 18.7 Å². The molecule has 0 spiro atoms. The van der Waals surface area contributed by atoms with E-state index in [2.05, 4.69) is 20.4 Å². The van der Waals surface area contributed by atoms with Crippen LogP contribution in [-0.4, -0.2) is 55.0 Å². The van der Waals surface area contributed by atoms with Crippen molar-refractivity contribution in [2.75, 3.05) is 18.5 Å². The molecule has 8 nitrogen and oxygen atoms in total. The number of hydrogen-bond donors (Lipinski definition) is 2. The van der Waals surface area contributed by atoms with Crippen LogP contribution in [0.25, 0.3) is 5.82 Å². The SMILES string of the molecule is O=C(Nc1ccc(-n2cncn2)nc1)N1CCC[C@@H]1CO. The van der Waals surface area contributed by atoms with Gasteiger partial charge in [-0.1, -0.05) is 0 Å². The fourth-order valence-corrected chi connectivity index (χ4v) is 2.41. The number of aromatic nitrogens is 4. The summed E-state index contributed by atoms with van der Waals surface area (Å²) in [6.45, 7) is 0.665. The second kappa shape index (κ2) is 5.88. The molecule has 1 atom stereocenters. The quantitative estimate of drug-likeness (QED) is 0.864. The maximum absolute atomic E-state index is 12.1. The first-order valence-electron chi connectivity index (χ1n) is 6.77. The van der Waals surface area contributed by atoms with E-state index in [1.807, 2.05) is 0 Å². The molecule has 2 N–H and O–H groups in total. The van der Waals surface area contributed by atoms with Gasteiger partial charge < -0.3 is 15.3 Å². The van der Waals surface area contributed by atoms with Gasteiger partial charge in [0.05, 0.1) is 24.5 Å². The fraction of sp³-hybridized carbons (Fsp3) is 0.385. The van der Waals surface area contributed by atoms with Gasteiger partial charge in [-0.2, -0.15) is 5.10 Å². The Balaban J connectivity index is 1.66. The Hall–Kier alpha value is -2.48. The smallest absolute Gasteiger partial charge is 0.322 e. The van der Waals surface area contributed by atoms with E-state index in [0.29, 0.717) is 18.1 Å². The molecule has 1 saturated heterocycles. The van der Waals surface area contributed by atoms with Crippen molar-refractivity contribution in [1.29, 1.82) is 0 Å². The lowest BCUT2D eigenvalue weighted by molar-refractivity contribution is 0.166. The highest BCUT2D eigenvalue weighted by atomic mass is 16.3. The minimum atomic E-state index is -0.207. The molecule has 0 bridgehead atoms. The molecule has 21 heavy (non-hydrogen) atoms. The lowest BCUT2D eigenvalue weighted by Gasteiger charge is -2.23. The predicted octanol–water partition coefficient (Wildman–Crippen LogP) is 0.651. The minimum absolute atomic E-state index is 0.00307. The van der Waals surface area contributed by atoms with Crippen molar-refractivity contribution >= 4 is 11.7 Å². The summed E-state index contributed by atoms with van der Waals surface area (Å²) < 4.78 is 1.54. The molecule has 0 radical (unpaired) electrons. The molecular formula is C13H16N6O2. The monoisotopic (exact) mass is 288 g/mol. The number of amides is 2. The molecule has 3 rings (SSSR count). The number of aliphatic hydroxyl groups is 1. The van der Waals surface area contributed by atoms with E-state index < -0.39 is 0 Å². The third kappa shape index (κ3) is 2.84. The number of nitrogens with one attached hydrogen (secondary N) is 1. The highest BCUT2D eigenvalue weighted by Crippen LogP contribution is 2.18. The Labute approximate surface area is 121 Å². The summed E-state index contributed by atoms with van der Waals surface area (Å²) in [4.78, 5) is 21.9. The van der Waals surface area contributed by atoms with Crippen LogP contribution in [0.4, 0.5) is 10.5 Å². The van der Waals surface area contributed by atoms with Crippen molar-refractivity contribution in [3.63, 3.8) is 0 Å². The van der Waals surface area contributed by atoms with Crippen LogP contribution in [0, 0.1) is 0 Å². The Bertz CT molecular complexity index is 598. The van der Waals surface area contributed by atoms with E-state index in [4.69, 9.17) is 0 Å². The molecule has 1 aliphatic rings. The largest absolute Gasteiger partial charge is 0.394 e. The number of aliphatic hydroxyl groups excluding tert-OH is 1. The number of hydrogen-bond acceptors (Lipinski definition) is 5. The van der Waals surface area contributed by atoms with Crippen molar-refractivity contribution < 1.29 is 9.90 Å². The summed E-state index contributed by atoms with van der Waals surface area (Å²) in [5.74, 6) is 0.625. The third-order valence-corrected chi connectivity index (χ3v) is 3.50. The summed E-state index contributed by atoms with van der Waals surface area (Å²) in [6.07, 6.45) is 6.31. The number of urea groups is 1. The summed E-state index contributed by atoms with van der Waals surface area (Å²) in [7, 11) is 0. The number of likely N-dealkylation sites (tertiary alicyclic amines) is 1. The predicted molar refractivity (Wildman–Crippen MR) is 75.0 cm³/mol. The lowest BCUT2D eigenvalue weighted by atomic mass is 10.2. The molecule has 0 aliphatic carbocycles. The van der Waals surface area contributed by atoms with E-state index >= 15 is 0 Å². The number of carbonyl (C=O) groups excluding carboxylic acids is 1. The summed E-state index contributed by atoms with van der Waals surface area (Å²) in [6, 6.07) is 3.21. The van der Waals surface area contributed by atoms with Gasteiger partial charge in [-0.05, 0) is 25.0 Å². The fourth-order valence-electron chi connectivity index (χ4n) is 2.41. The van der Waals surface area contributed by atoms with Crippen molar-refractivity contribution in [3.8, 4) is 5.82 Å². The van der Waals surface area contributed by atoms with Gasteiger partial charge in [0.15, 0.2) is 5.82 Å². The van der Waals surface area contributed by atoms with Crippen LogP contribution in [-0.2, 0) is 0 Å². The van der Waals surface area contributed by atoms with Gasteiger partial charge in [0.1, 0.15) is 12.7 Å². The van der Waals surface area contributed by atoms with Crippen LogP contribution in [0.2, 0.25) is 0 Å². The standard InChI is InChI=1S/C13H16N6O2/c20-7-11-2-1-5-18(11)13(21)17-10-3-4-12(15-6-10)19-9-14-8-16-19/h3-4,6,8-9,11,20H,1-2,5,7H2,(H,17,21)/t11-/m1/s1. The normalized spacial score (nSPS) is 18.0. The molecule has 1 aliphatic heterocycles. The van der Waals surface area contributed by atoms with Crippen LogP contribution in [0.3, 0.4) is 0 Å². The van der Waals surface area contributed by atoms with Gasteiger partial charge in [-0.15, -0.1) is 0 Å². The maximum atomic E-state index is 12.1. The molecule has 1 fully saturated rings. The van der Waals surface area contributed by atoms with E-state index in [1.54, 1.807) is 29.6 Å². The minimum Gasteiger partial charge on any atom is -0.394 e. The van der Waals surface area contributed by atoms with Crippen molar-refractivity contribution in [2.24, 2.45) is 0 Å². The van der Waals surface area contributed by atoms with Gasteiger partial charge in [0, 0.05) is 6.54 Å². The molecule has 110 valence electrons. The molecule has 2 aromatic heterocycles. The van der Waals surface area contributed by atoms with Crippen molar-refractivity contribution in [3.05, 3.63) is 31.0 Å². The molecule has 8 heteroatoms. The van der Waals surface area contributed by atoms with E-state index in [0.717, 1.165) is 12.8 Å². The average molecular weight is 288 g/mol. The molecule has 0 unspecified atom stereocenters. The van der Waals surface area contributed by atoms with Crippen LogP contribution in [0.15, 0.2) is 31.0 Å². The first kappa shape index (κ1) is 13.5. The highest BCUT2D eigenvalue weighted by molar-refractivity contribution is 5.89. The van der Waals surface area contributed by atoms with Crippen molar-refractivity contribution in [2.45, 2.75) is 18.9 Å². The van der Waals surface area contributed by atoms with E-state index in [9.17, 15) is 9.90 Å². The Morgan fingerprint density at radius 3 is 3.05 bits per heavy atom. The van der Waals surface area contributed by atoms with Crippen LogP contribution < -0.4 is 5.32 Å². The maximum Gasteiger partial charge on any atom is 0.322 e. The molecular weight excluding hydrogens is 272 g/mol. The van der Waals surface area contributed by atoms with Gasteiger partial charge in [-0.3, -0.25) is 0 Å². The number of rotatable bonds is 3. The van der Waals surface area contributed by atoms with Crippen LogP contribution in [0.5, 0.6) is 0 Å².